The lowest BCUT2D eigenvalue weighted by Crippen LogP contribution is -2.50. The van der Waals surface area contributed by atoms with Gasteiger partial charge < -0.3 is 15.7 Å². The van der Waals surface area contributed by atoms with Crippen LogP contribution in [0, 0.1) is 17.7 Å². The van der Waals surface area contributed by atoms with Crippen molar-refractivity contribution in [3.05, 3.63) is 24.0 Å². The van der Waals surface area contributed by atoms with Crippen molar-refractivity contribution in [2.24, 2.45) is 11.8 Å². The number of tetrazole rings is 1. The van der Waals surface area contributed by atoms with Crippen molar-refractivity contribution in [3.63, 3.8) is 0 Å². The van der Waals surface area contributed by atoms with Gasteiger partial charge in [-0.1, -0.05) is 0 Å². The molecule has 0 amide bonds. The van der Waals surface area contributed by atoms with Crippen LogP contribution in [-0.2, 0) is 4.79 Å². The molecule has 0 bridgehead atoms. The molecule has 4 N–H and O–H groups in total. The Morgan fingerprint density at radius 1 is 1.27 bits per heavy atom. The second-order valence-corrected chi connectivity index (χ2v) is 7.13. The maximum absolute atomic E-state index is 13.7. The Kier molecular flexibility index (Phi) is 4.54. The third-order valence-electron chi connectivity index (χ3n) is 5.53. The number of aromatic nitrogens is 4. The zero-order valence-corrected chi connectivity index (χ0v) is 14.2. The van der Waals surface area contributed by atoms with Crippen LogP contribution in [0.25, 0.3) is 11.4 Å². The van der Waals surface area contributed by atoms with Crippen LogP contribution < -0.4 is 10.6 Å². The van der Waals surface area contributed by atoms with E-state index >= 15 is 0 Å². The molecular formula is C17H21FN6O2. The van der Waals surface area contributed by atoms with Crippen LogP contribution in [0.2, 0.25) is 0 Å². The molecule has 1 aromatic heterocycles. The van der Waals surface area contributed by atoms with Gasteiger partial charge in [0.1, 0.15) is 11.9 Å². The van der Waals surface area contributed by atoms with Gasteiger partial charge in [-0.25, -0.2) is 4.39 Å². The number of carboxylic acids is 1. The Bertz CT molecular complexity index is 784. The minimum absolute atomic E-state index is 0.208. The number of hydrogen-bond acceptors (Lipinski definition) is 6. The van der Waals surface area contributed by atoms with Gasteiger partial charge in [0.15, 0.2) is 0 Å². The highest BCUT2D eigenvalue weighted by atomic mass is 19.1. The minimum Gasteiger partial charge on any atom is -0.480 e. The molecule has 8 nitrogen and oxygen atoms in total. The van der Waals surface area contributed by atoms with Crippen molar-refractivity contribution in [2.75, 3.05) is 11.9 Å². The summed E-state index contributed by atoms with van der Waals surface area (Å²) in [5.74, 6) is 0.0953. The van der Waals surface area contributed by atoms with Gasteiger partial charge in [0, 0.05) is 17.3 Å². The Balaban J connectivity index is 1.49. The van der Waals surface area contributed by atoms with E-state index in [2.05, 4.69) is 31.3 Å². The first-order valence-electron chi connectivity index (χ1n) is 8.86. The summed E-state index contributed by atoms with van der Waals surface area (Å²) in [6, 6.07) is 4.23. The van der Waals surface area contributed by atoms with Gasteiger partial charge in [0.05, 0.1) is 0 Å². The largest absolute Gasteiger partial charge is 0.480 e. The maximum atomic E-state index is 13.7. The number of anilines is 1. The van der Waals surface area contributed by atoms with Crippen molar-refractivity contribution in [1.82, 2.24) is 25.9 Å². The number of rotatable bonds is 4. The Hall–Kier alpha value is -2.55. The van der Waals surface area contributed by atoms with E-state index in [-0.39, 0.29) is 11.9 Å². The lowest BCUT2D eigenvalue weighted by molar-refractivity contribution is -0.141. The maximum Gasteiger partial charge on any atom is 0.320 e. The summed E-state index contributed by atoms with van der Waals surface area (Å²) in [6.07, 6.45) is 3.59. The highest BCUT2D eigenvalue weighted by Crippen LogP contribution is 2.37. The van der Waals surface area contributed by atoms with Crippen LogP contribution >= 0.6 is 0 Å². The molecule has 0 radical (unpaired) electrons. The Morgan fingerprint density at radius 2 is 2.15 bits per heavy atom. The van der Waals surface area contributed by atoms with Crippen LogP contribution in [0.5, 0.6) is 0 Å². The number of nitrogens with one attached hydrogen (secondary N) is 3. The highest BCUT2D eigenvalue weighted by Gasteiger charge is 2.37. The van der Waals surface area contributed by atoms with E-state index in [0.29, 0.717) is 29.6 Å². The molecule has 2 fully saturated rings. The summed E-state index contributed by atoms with van der Waals surface area (Å²) in [5, 5.41) is 29.7. The van der Waals surface area contributed by atoms with Crippen molar-refractivity contribution >= 4 is 11.7 Å². The number of fused-ring (bicyclic) bond motifs is 1. The lowest BCUT2D eigenvalue weighted by Gasteiger charge is -2.42. The number of piperidine rings is 1. The molecule has 4 rings (SSSR count). The molecule has 1 aromatic carbocycles. The SMILES string of the molecule is O=C(O)[C@@H]1C[C@H]2C[C@@H](Nc3ccc(F)cc3-c3nn[nH]n3)CC[C@H]2CN1. The summed E-state index contributed by atoms with van der Waals surface area (Å²) < 4.78 is 13.7. The number of hydrogen-bond donors (Lipinski definition) is 4. The number of carbonyl (C=O) groups is 1. The van der Waals surface area contributed by atoms with Crippen molar-refractivity contribution in [1.29, 1.82) is 0 Å². The molecule has 1 saturated heterocycles. The third-order valence-corrected chi connectivity index (χ3v) is 5.53. The van der Waals surface area contributed by atoms with Gasteiger partial charge in [-0.05, 0) is 67.5 Å². The predicted molar refractivity (Wildman–Crippen MR) is 91.9 cm³/mol. The van der Waals surface area contributed by atoms with Gasteiger partial charge in [-0.15, -0.1) is 10.2 Å². The fraction of sp³-hybridized carbons (Fsp3) is 0.529. The quantitative estimate of drug-likeness (QED) is 0.655. The van der Waals surface area contributed by atoms with E-state index < -0.39 is 12.0 Å². The summed E-state index contributed by atoms with van der Waals surface area (Å²) in [7, 11) is 0. The molecule has 1 saturated carbocycles. The van der Waals surface area contributed by atoms with Crippen LogP contribution in [0.3, 0.4) is 0 Å². The van der Waals surface area contributed by atoms with Crippen molar-refractivity contribution in [2.45, 2.75) is 37.8 Å². The number of nitrogens with zero attached hydrogens (tertiary/aromatic N) is 3. The molecule has 9 heteroatoms. The average molecular weight is 360 g/mol. The van der Waals surface area contributed by atoms with Crippen LogP contribution in [0.15, 0.2) is 18.2 Å². The average Bonchev–Trinajstić information content (AvgIpc) is 3.17. The molecule has 2 aromatic rings. The number of carboxylic acid groups (broad SMARTS) is 1. The highest BCUT2D eigenvalue weighted by molar-refractivity contribution is 5.74. The van der Waals surface area contributed by atoms with Gasteiger partial charge in [0.2, 0.25) is 5.82 Å². The van der Waals surface area contributed by atoms with Crippen LogP contribution in [-0.4, -0.2) is 50.3 Å². The van der Waals surface area contributed by atoms with Crippen LogP contribution in [0.4, 0.5) is 10.1 Å². The van der Waals surface area contributed by atoms with E-state index in [1.165, 1.54) is 12.1 Å². The molecule has 1 aliphatic carbocycles. The zero-order valence-electron chi connectivity index (χ0n) is 14.2. The summed E-state index contributed by atoms with van der Waals surface area (Å²) in [6.45, 7) is 0.763. The fourth-order valence-electron chi connectivity index (χ4n) is 4.21. The molecule has 138 valence electrons. The van der Waals surface area contributed by atoms with Crippen LogP contribution in [0.1, 0.15) is 25.7 Å². The first kappa shape index (κ1) is 16.9. The van der Waals surface area contributed by atoms with Crippen molar-refractivity contribution < 1.29 is 14.3 Å². The number of aromatic amines is 1. The second kappa shape index (κ2) is 6.99. The molecule has 2 heterocycles. The number of aliphatic carboxylic acids is 1. The molecule has 1 aliphatic heterocycles. The summed E-state index contributed by atoms with van der Waals surface area (Å²) >= 11 is 0. The first-order valence-corrected chi connectivity index (χ1v) is 8.86. The predicted octanol–water partition coefficient (Wildman–Crippen LogP) is 1.65. The second-order valence-electron chi connectivity index (χ2n) is 7.13. The lowest BCUT2D eigenvalue weighted by atomic mass is 9.72. The standard InChI is InChI=1S/C17H21FN6O2/c18-11-2-4-14(13(7-11)16-21-23-24-22-16)20-12-3-1-9-8-19-15(17(25)26)6-10(9)5-12/h2,4,7,9-10,12,15,19-20H,1,3,5-6,8H2,(H,25,26)(H,21,22,23,24)/t9-,10+,12-,15-/m0/s1. The van der Waals surface area contributed by atoms with Crippen molar-refractivity contribution in [3.8, 4) is 11.4 Å². The van der Waals surface area contributed by atoms with Gasteiger partial charge in [-0.3, -0.25) is 4.79 Å². The minimum atomic E-state index is -0.781. The number of halogens is 1. The third kappa shape index (κ3) is 3.39. The number of H-pyrrole nitrogens is 1. The summed E-state index contributed by atoms with van der Waals surface area (Å²) in [5.41, 5.74) is 1.33. The van der Waals surface area contributed by atoms with E-state index in [4.69, 9.17) is 0 Å². The Morgan fingerprint density at radius 3 is 2.92 bits per heavy atom. The van der Waals surface area contributed by atoms with Gasteiger partial charge in [-0.2, -0.15) is 5.21 Å². The van der Waals surface area contributed by atoms with Gasteiger partial charge >= 0.3 is 5.97 Å². The zero-order chi connectivity index (χ0) is 18.1. The van der Waals surface area contributed by atoms with E-state index in [9.17, 15) is 14.3 Å². The topological polar surface area (TPSA) is 116 Å². The molecular weight excluding hydrogens is 339 g/mol. The Labute approximate surface area is 149 Å². The van der Waals surface area contributed by atoms with E-state index in [1.54, 1.807) is 6.07 Å². The monoisotopic (exact) mass is 360 g/mol. The molecule has 26 heavy (non-hydrogen) atoms. The molecule has 0 unspecified atom stereocenters. The van der Waals surface area contributed by atoms with E-state index in [1.807, 2.05) is 0 Å². The normalized spacial score (nSPS) is 28.3. The smallest absolute Gasteiger partial charge is 0.320 e. The van der Waals surface area contributed by atoms with Gasteiger partial charge in [0.25, 0.3) is 0 Å². The molecule has 4 atom stereocenters. The summed E-state index contributed by atoms with van der Waals surface area (Å²) in [4.78, 5) is 11.3. The number of benzene rings is 1. The van der Waals surface area contributed by atoms with E-state index in [0.717, 1.165) is 31.5 Å². The molecule has 2 aliphatic rings. The fourth-order valence-corrected chi connectivity index (χ4v) is 4.21. The first-order chi connectivity index (χ1) is 12.6. The molecule has 0 spiro atoms.